The Labute approximate surface area is 107 Å². The molecule has 0 aliphatic heterocycles. The van der Waals surface area contributed by atoms with Gasteiger partial charge in [0.15, 0.2) is 10.7 Å². The van der Waals surface area contributed by atoms with E-state index in [1.165, 1.54) is 19.2 Å². The molecular weight excluding hydrogens is 324 g/mol. The van der Waals surface area contributed by atoms with Crippen molar-refractivity contribution >= 4 is 31.7 Å². The normalized spacial score (nSPS) is 10.1. The summed E-state index contributed by atoms with van der Waals surface area (Å²) in [5, 5.41) is 8.57. The summed E-state index contributed by atoms with van der Waals surface area (Å²) in [6.07, 6.45) is 0. The number of halogens is 2. The Balaban J connectivity index is 0.00000225. The first-order chi connectivity index (χ1) is 6.91. The van der Waals surface area contributed by atoms with Crippen LogP contribution in [0.2, 0.25) is 0 Å². The van der Waals surface area contributed by atoms with Crippen molar-refractivity contribution in [1.29, 1.82) is 5.39 Å². The van der Waals surface area contributed by atoms with Crippen LogP contribution in [-0.4, -0.2) is 20.1 Å². The Morgan fingerprint density at radius 2 is 2.06 bits per heavy atom. The maximum Gasteiger partial charge on any atom is 0.409 e. The highest BCUT2D eigenvalue weighted by molar-refractivity contribution is 9.10. The van der Waals surface area contributed by atoms with Crippen LogP contribution in [0.5, 0.6) is 5.75 Å². The molecule has 0 radical (unpaired) electrons. The lowest BCUT2D eigenvalue weighted by molar-refractivity contribution is -0.00000783. The zero-order chi connectivity index (χ0) is 11.6. The SMILES string of the molecule is COc1c(Br)ccc([N+]#N)c1S(=O)(=O)O.[Cl-]. The molecule has 0 aliphatic carbocycles. The quantitative estimate of drug-likeness (QED) is 0.566. The predicted molar refractivity (Wildman–Crippen MR) is 55.3 cm³/mol. The summed E-state index contributed by atoms with van der Waals surface area (Å²) < 4.78 is 36.1. The van der Waals surface area contributed by atoms with E-state index in [1.807, 2.05) is 0 Å². The molecular formula is C7H6BrClN2O4S. The van der Waals surface area contributed by atoms with Crippen LogP contribution in [0.4, 0.5) is 5.69 Å². The molecule has 0 saturated heterocycles. The lowest BCUT2D eigenvalue weighted by atomic mass is 10.3. The Hall–Kier alpha value is -0.880. The van der Waals surface area contributed by atoms with Gasteiger partial charge in [0.25, 0.3) is 0 Å². The van der Waals surface area contributed by atoms with Crippen molar-refractivity contribution in [2.75, 3.05) is 7.11 Å². The summed E-state index contributed by atoms with van der Waals surface area (Å²) in [6.45, 7) is 0. The number of diazo groups is 1. The topological polar surface area (TPSA) is 91.8 Å². The molecule has 1 rings (SSSR count). The molecule has 1 aromatic rings. The van der Waals surface area contributed by atoms with Crippen LogP contribution in [0.3, 0.4) is 0 Å². The van der Waals surface area contributed by atoms with E-state index < -0.39 is 15.0 Å². The molecule has 1 aromatic carbocycles. The molecule has 0 atom stereocenters. The minimum atomic E-state index is -4.52. The van der Waals surface area contributed by atoms with Crippen molar-refractivity contribution in [2.45, 2.75) is 4.90 Å². The third kappa shape index (κ3) is 2.82. The molecule has 9 heteroatoms. The van der Waals surface area contributed by atoms with Crippen LogP contribution >= 0.6 is 15.9 Å². The van der Waals surface area contributed by atoms with Gasteiger partial charge >= 0.3 is 15.8 Å². The van der Waals surface area contributed by atoms with Gasteiger partial charge < -0.3 is 17.1 Å². The van der Waals surface area contributed by atoms with Gasteiger partial charge in [0.1, 0.15) is 0 Å². The fourth-order valence-corrected chi connectivity index (χ4v) is 2.47. The highest BCUT2D eigenvalue weighted by Crippen LogP contribution is 2.38. The van der Waals surface area contributed by atoms with Gasteiger partial charge in [-0.25, -0.2) is 0 Å². The summed E-state index contributed by atoms with van der Waals surface area (Å²) in [4.78, 5) is 2.17. The first-order valence-corrected chi connectivity index (χ1v) is 5.84. The zero-order valence-corrected chi connectivity index (χ0v) is 11.0. The molecule has 0 fully saturated rings. The van der Waals surface area contributed by atoms with Crippen molar-refractivity contribution in [1.82, 2.24) is 0 Å². The summed E-state index contributed by atoms with van der Waals surface area (Å²) in [6, 6.07) is 2.65. The first kappa shape index (κ1) is 15.1. The van der Waals surface area contributed by atoms with Crippen molar-refractivity contribution in [3.05, 3.63) is 21.6 Å². The lowest BCUT2D eigenvalue weighted by Gasteiger charge is -2.04. The van der Waals surface area contributed by atoms with Gasteiger partial charge in [-0.3, -0.25) is 4.55 Å². The minimum Gasteiger partial charge on any atom is -1.00 e. The summed E-state index contributed by atoms with van der Waals surface area (Å²) in [5.41, 5.74) is -0.294. The van der Waals surface area contributed by atoms with Crippen molar-refractivity contribution in [3.8, 4) is 5.75 Å². The fourth-order valence-electron chi connectivity index (χ4n) is 1.05. The van der Waals surface area contributed by atoms with Crippen LogP contribution in [0.25, 0.3) is 4.98 Å². The molecule has 1 N–H and O–H groups in total. The summed E-state index contributed by atoms with van der Waals surface area (Å²) in [7, 11) is -3.29. The van der Waals surface area contributed by atoms with E-state index in [-0.39, 0.29) is 23.8 Å². The van der Waals surface area contributed by atoms with E-state index in [9.17, 15) is 8.42 Å². The fraction of sp³-hybridized carbons (Fsp3) is 0.143. The van der Waals surface area contributed by atoms with Crippen LogP contribution < -0.4 is 17.1 Å². The van der Waals surface area contributed by atoms with Gasteiger partial charge in [0.05, 0.1) is 11.6 Å². The van der Waals surface area contributed by atoms with Gasteiger partial charge in [-0.1, -0.05) is 0 Å². The number of ether oxygens (including phenoxy) is 1. The summed E-state index contributed by atoms with van der Waals surface area (Å²) in [5.74, 6) is -0.118. The number of hydrogen-bond donors (Lipinski definition) is 1. The van der Waals surface area contributed by atoms with Crippen LogP contribution in [0, 0.1) is 5.39 Å². The van der Waals surface area contributed by atoms with E-state index in [0.717, 1.165) is 0 Å². The van der Waals surface area contributed by atoms with E-state index in [1.54, 1.807) is 0 Å². The van der Waals surface area contributed by atoms with Crippen molar-refractivity contribution < 1.29 is 30.1 Å². The molecule has 0 spiro atoms. The Bertz CT molecular complexity index is 540. The van der Waals surface area contributed by atoms with Gasteiger partial charge in [0, 0.05) is 6.07 Å². The smallest absolute Gasteiger partial charge is 0.409 e. The monoisotopic (exact) mass is 328 g/mol. The second-order valence-corrected chi connectivity index (χ2v) is 4.72. The minimum absolute atomic E-state index is 0. The Morgan fingerprint density at radius 3 is 2.44 bits per heavy atom. The largest absolute Gasteiger partial charge is 1.00 e. The Morgan fingerprint density at radius 1 is 1.50 bits per heavy atom. The predicted octanol–water partition coefficient (Wildman–Crippen LogP) is -0.807. The average molecular weight is 330 g/mol. The zero-order valence-electron chi connectivity index (χ0n) is 7.89. The first-order valence-electron chi connectivity index (χ1n) is 3.61. The molecule has 0 aromatic heterocycles. The Kier molecular flexibility index (Phi) is 5.15. The van der Waals surface area contributed by atoms with Crippen molar-refractivity contribution in [3.63, 3.8) is 0 Å². The maximum absolute atomic E-state index is 11.0. The van der Waals surface area contributed by atoms with Crippen LogP contribution in [0.15, 0.2) is 21.5 Å². The highest BCUT2D eigenvalue weighted by atomic mass is 79.9. The molecule has 0 heterocycles. The van der Waals surface area contributed by atoms with Crippen LogP contribution in [0.1, 0.15) is 0 Å². The van der Waals surface area contributed by atoms with Crippen LogP contribution in [-0.2, 0) is 10.1 Å². The van der Waals surface area contributed by atoms with E-state index >= 15 is 0 Å². The molecule has 88 valence electrons. The second-order valence-electron chi connectivity index (χ2n) is 2.50. The number of benzene rings is 1. The molecule has 0 unspecified atom stereocenters. The van der Waals surface area contributed by atoms with Gasteiger partial charge in [-0.05, 0) is 22.0 Å². The van der Waals surface area contributed by atoms with E-state index in [2.05, 4.69) is 20.9 Å². The van der Waals surface area contributed by atoms with Crippen molar-refractivity contribution in [2.24, 2.45) is 0 Å². The maximum atomic E-state index is 11.0. The second kappa shape index (κ2) is 5.45. The molecule has 0 bridgehead atoms. The number of methoxy groups -OCH3 is 1. The highest BCUT2D eigenvalue weighted by Gasteiger charge is 2.31. The molecule has 0 saturated carbocycles. The number of hydrogen-bond acceptors (Lipinski definition) is 4. The third-order valence-electron chi connectivity index (χ3n) is 1.61. The van der Waals surface area contributed by atoms with Gasteiger partial charge in [-0.15, -0.1) is 0 Å². The number of nitrogens with zero attached hydrogens (tertiary/aromatic N) is 2. The third-order valence-corrected chi connectivity index (χ3v) is 3.15. The average Bonchev–Trinajstić information content (AvgIpc) is 2.15. The van der Waals surface area contributed by atoms with E-state index in [0.29, 0.717) is 4.47 Å². The standard InChI is InChI=1S/C7H5BrN2O4S.ClH/c1-14-6-4(8)2-3-5(10-9)7(6)15(11,12)13;/h2-3H,1H3;1H. The molecule has 0 aliphatic rings. The van der Waals surface area contributed by atoms with Gasteiger partial charge in [0.2, 0.25) is 10.3 Å². The molecule has 6 nitrogen and oxygen atoms in total. The lowest BCUT2D eigenvalue weighted by Crippen LogP contribution is -3.00. The molecule has 16 heavy (non-hydrogen) atoms. The molecule has 0 amide bonds. The number of rotatable bonds is 2. The van der Waals surface area contributed by atoms with Gasteiger partial charge in [-0.2, -0.15) is 8.42 Å². The summed E-state index contributed by atoms with van der Waals surface area (Å²) >= 11 is 3.04. The van der Waals surface area contributed by atoms with E-state index in [4.69, 9.17) is 14.7 Å².